The predicted octanol–water partition coefficient (Wildman–Crippen LogP) is 2.78. The molecular weight excluding hydrogens is 229 g/mol. The van der Waals surface area contributed by atoms with Gasteiger partial charge in [0.25, 0.3) is 0 Å². The van der Waals surface area contributed by atoms with Gasteiger partial charge in [-0.15, -0.1) is 0 Å². The third-order valence-corrected chi connectivity index (χ3v) is 2.49. The quantitative estimate of drug-likeness (QED) is 0.900. The molecule has 4 heteroatoms. The summed E-state index contributed by atoms with van der Waals surface area (Å²) in [7, 11) is 0. The molecule has 0 amide bonds. The number of aromatic nitrogens is 2. The second kappa shape index (κ2) is 5.69. The minimum atomic E-state index is -0.276. The van der Waals surface area contributed by atoms with Crippen LogP contribution in [0.25, 0.3) is 11.4 Å². The van der Waals surface area contributed by atoms with Gasteiger partial charge in [-0.3, -0.25) is 0 Å². The van der Waals surface area contributed by atoms with Crippen molar-refractivity contribution in [3.8, 4) is 11.4 Å². The normalized spacial score (nSPS) is 10.9. The molecule has 2 rings (SSSR count). The van der Waals surface area contributed by atoms with E-state index in [1.807, 2.05) is 6.07 Å². The van der Waals surface area contributed by atoms with Crippen molar-refractivity contribution in [1.29, 1.82) is 0 Å². The lowest BCUT2D eigenvalue weighted by Crippen LogP contribution is -2.22. The molecule has 0 fully saturated rings. The Kier molecular flexibility index (Phi) is 3.99. The van der Waals surface area contributed by atoms with Gasteiger partial charge in [0.1, 0.15) is 5.82 Å². The van der Waals surface area contributed by atoms with E-state index in [0.717, 1.165) is 5.69 Å². The van der Waals surface area contributed by atoms with Crippen LogP contribution < -0.4 is 5.32 Å². The van der Waals surface area contributed by atoms with Crippen LogP contribution in [0.3, 0.4) is 0 Å². The fraction of sp³-hybridized carbons (Fsp3) is 0.286. The zero-order chi connectivity index (χ0) is 13.0. The lowest BCUT2D eigenvalue weighted by Gasteiger charge is -2.08. The molecule has 0 unspecified atom stereocenters. The fourth-order valence-electron chi connectivity index (χ4n) is 1.57. The largest absolute Gasteiger partial charge is 0.309 e. The molecule has 0 aliphatic rings. The number of hydrogen-bond acceptors (Lipinski definition) is 3. The molecule has 0 saturated heterocycles. The number of hydrogen-bond donors (Lipinski definition) is 1. The number of rotatable bonds is 4. The van der Waals surface area contributed by atoms with Crippen molar-refractivity contribution in [2.75, 3.05) is 0 Å². The Morgan fingerprint density at radius 1 is 1.28 bits per heavy atom. The van der Waals surface area contributed by atoms with Crippen LogP contribution in [0.1, 0.15) is 19.5 Å². The summed E-state index contributed by atoms with van der Waals surface area (Å²) < 4.78 is 13.1. The molecule has 1 N–H and O–H groups in total. The van der Waals surface area contributed by atoms with Gasteiger partial charge in [0, 0.05) is 24.3 Å². The number of halogens is 1. The summed E-state index contributed by atoms with van der Waals surface area (Å²) >= 11 is 0. The molecule has 0 radical (unpaired) electrons. The summed E-state index contributed by atoms with van der Waals surface area (Å²) in [6.45, 7) is 4.84. The molecule has 94 valence electrons. The average Bonchev–Trinajstić information content (AvgIpc) is 2.37. The minimum absolute atomic E-state index is 0.276. The van der Waals surface area contributed by atoms with Gasteiger partial charge in [0.15, 0.2) is 5.82 Å². The summed E-state index contributed by atoms with van der Waals surface area (Å²) in [6.07, 6.45) is 1.70. The molecule has 0 spiro atoms. The van der Waals surface area contributed by atoms with E-state index in [9.17, 15) is 4.39 Å². The van der Waals surface area contributed by atoms with Crippen LogP contribution in [0.4, 0.5) is 4.39 Å². The second-order valence-corrected chi connectivity index (χ2v) is 4.42. The minimum Gasteiger partial charge on any atom is -0.309 e. The highest BCUT2D eigenvalue weighted by molar-refractivity contribution is 5.54. The number of nitrogens with zero attached hydrogens (tertiary/aromatic N) is 2. The number of nitrogens with one attached hydrogen (secondary N) is 1. The summed E-state index contributed by atoms with van der Waals surface area (Å²) in [5.41, 5.74) is 1.60. The predicted molar refractivity (Wildman–Crippen MR) is 69.4 cm³/mol. The van der Waals surface area contributed by atoms with Crippen LogP contribution in [0, 0.1) is 5.82 Å². The average molecular weight is 245 g/mol. The zero-order valence-corrected chi connectivity index (χ0v) is 10.5. The fourth-order valence-corrected chi connectivity index (χ4v) is 1.57. The van der Waals surface area contributed by atoms with Gasteiger partial charge in [0.2, 0.25) is 0 Å². The maximum Gasteiger partial charge on any atom is 0.159 e. The van der Waals surface area contributed by atoms with Gasteiger partial charge >= 0.3 is 0 Å². The molecule has 1 heterocycles. The summed E-state index contributed by atoms with van der Waals surface area (Å²) in [5, 5.41) is 3.29. The van der Waals surface area contributed by atoms with Crippen LogP contribution >= 0.6 is 0 Å². The molecule has 2 aromatic rings. The Hall–Kier alpha value is -1.81. The molecule has 0 saturated carbocycles. The van der Waals surface area contributed by atoms with Gasteiger partial charge in [-0.25, -0.2) is 14.4 Å². The Morgan fingerprint density at radius 3 is 2.83 bits per heavy atom. The van der Waals surface area contributed by atoms with E-state index < -0.39 is 0 Å². The maximum atomic E-state index is 13.1. The van der Waals surface area contributed by atoms with E-state index in [4.69, 9.17) is 0 Å². The molecule has 18 heavy (non-hydrogen) atoms. The van der Waals surface area contributed by atoms with Crippen LogP contribution in [-0.4, -0.2) is 16.0 Å². The Morgan fingerprint density at radius 2 is 2.11 bits per heavy atom. The van der Waals surface area contributed by atoms with Crippen LogP contribution in [0.15, 0.2) is 36.5 Å². The van der Waals surface area contributed by atoms with Crippen molar-refractivity contribution in [2.24, 2.45) is 0 Å². The van der Waals surface area contributed by atoms with Crippen molar-refractivity contribution in [3.05, 3.63) is 48.0 Å². The SMILES string of the molecule is CC(C)NCc1ccnc(-c2cccc(F)c2)n1. The van der Waals surface area contributed by atoms with Crippen molar-refractivity contribution >= 4 is 0 Å². The summed E-state index contributed by atoms with van der Waals surface area (Å²) in [6, 6.07) is 8.57. The molecule has 0 aliphatic heterocycles. The zero-order valence-electron chi connectivity index (χ0n) is 10.5. The standard InChI is InChI=1S/C14H16FN3/c1-10(2)17-9-13-6-7-16-14(18-13)11-4-3-5-12(15)8-11/h3-8,10,17H,9H2,1-2H3. The molecule has 1 aromatic carbocycles. The first kappa shape index (κ1) is 12.6. The van der Waals surface area contributed by atoms with E-state index in [2.05, 4.69) is 29.1 Å². The highest BCUT2D eigenvalue weighted by Crippen LogP contribution is 2.15. The van der Waals surface area contributed by atoms with E-state index in [1.54, 1.807) is 18.3 Å². The Balaban J connectivity index is 2.21. The molecular formula is C14H16FN3. The second-order valence-electron chi connectivity index (χ2n) is 4.42. The van der Waals surface area contributed by atoms with E-state index in [0.29, 0.717) is 24.0 Å². The first-order valence-corrected chi connectivity index (χ1v) is 5.96. The van der Waals surface area contributed by atoms with Gasteiger partial charge in [-0.05, 0) is 18.2 Å². The van der Waals surface area contributed by atoms with Gasteiger partial charge < -0.3 is 5.32 Å². The summed E-state index contributed by atoms with van der Waals surface area (Å²) in [4.78, 5) is 8.59. The number of benzene rings is 1. The summed E-state index contributed by atoms with van der Waals surface area (Å²) in [5.74, 6) is 0.277. The van der Waals surface area contributed by atoms with Crippen molar-refractivity contribution in [1.82, 2.24) is 15.3 Å². The first-order valence-electron chi connectivity index (χ1n) is 5.96. The monoisotopic (exact) mass is 245 g/mol. The van der Waals surface area contributed by atoms with Crippen LogP contribution in [0.5, 0.6) is 0 Å². The van der Waals surface area contributed by atoms with Crippen molar-refractivity contribution < 1.29 is 4.39 Å². The first-order chi connectivity index (χ1) is 8.65. The topological polar surface area (TPSA) is 37.8 Å². The van der Waals surface area contributed by atoms with Gasteiger partial charge in [-0.2, -0.15) is 0 Å². The third-order valence-electron chi connectivity index (χ3n) is 2.49. The molecule has 3 nitrogen and oxygen atoms in total. The Labute approximate surface area is 106 Å². The lowest BCUT2D eigenvalue weighted by molar-refractivity contribution is 0.581. The van der Waals surface area contributed by atoms with Gasteiger partial charge in [-0.1, -0.05) is 26.0 Å². The van der Waals surface area contributed by atoms with Gasteiger partial charge in [0.05, 0.1) is 5.69 Å². The third kappa shape index (κ3) is 3.34. The van der Waals surface area contributed by atoms with Crippen molar-refractivity contribution in [2.45, 2.75) is 26.4 Å². The Bertz CT molecular complexity index is 526. The molecule has 1 aromatic heterocycles. The lowest BCUT2D eigenvalue weighted by atomic mass is 10.2. The highest BCUT2D eigenvalue weighted by Gasteiger charge is 2.04. The van der Waals surface area contributed by atoms with Crippen LogP contribution in [-0.2, 0) is 6.54 Å². The van der Waals surface area contributed by atoms with E-state index in [1.165, 1.54) is 12.1 Å². The molecule has 0 bridgehead atoms. The maximum absolute atomic E-state index is 13.1. The molecule has 0 aliphatic carbocycles. The smallest absolute Gasteiger partial charge is 0.159 e. The van der Waals surface area contributed by atoms with E-state index >= 15 is 0 Å². The van der Waals surface area contributed by atoms with Crippen molar-refractivity contribution in [3.63, 3.8) is 0 Å². The van der Waals surface area contributed by atoms with Crippen LogP contribution in [0.2, 0.25) is 0 Å². The highest BCUT2D eigenvalue weighted by atomic mass is 19.1. The van der Waals surface area contributed by atoms with E-state index in [-0.39, 0.29) is 5.82 Å². The molecule has 0 atom stereocenters.